The largest absolute Gasteiger partial charge is 0.354 e. The van der Waals surface area contributed by atoms with E-state index in [4.69, 9.17) is 32.7 Å². The Kier molecular flexibility index (Phi) is 6.97. The van der Waals surface area contributed by atoms with Crippen molar-refractivity contribution in [3.05, 3.63) is 33.8 Å². The average molecular weight is 292 g/mol. The maximum absolute atomic E-state index is 6.19. The molecule has 0 amide bonds. The van der Waals surface area contributed by atoms with Crippen LogP contribution in [0.4, 0.5) is 0 Å². The van der Waals surface area contributed by atoms with Gasteiger partial charge in [-0.05, 0) is 24.6 Å². The van der Waals surface area contributed by atoms with Crippen molar-refractivity contribution in [3.63, 3.8) is 0 Å². The molecule has 1 aromatic rings. The van der Waals surface area contributed by atoms with Crippen LogP contribution >= 0.6 is 23.2 Å². The fourth-order valence-corrected chi connectivity index (χ4v) is 2.29. The van der Waals surface area contributed by atoms with E-state index in [0.29, 0.717) is 16.5 Å². The van der Waals surface area contributed by atoms with E-state index < -0.39 is 0 Å². The van der Waals surface area contributed by atoms with Gasteiger partial charge >= 0.3 is 0 Å². The highest BCUT2D eigenvalue weighted by Gasteiger charge is 2.21. The Morgan fingerprint density at radius 1 is 1.22 bits per heavy atom. The van der Waals surface area contributed by atoms with Crippen LogP contribution in [0.2, 0.25) is 10.0 Å². The lowest BCUT2D eigenvalue weighted by Gasteiger charge is -2.26. The molecule has 1 unspecified atom stereocenters. The minimum Gasteiger partial charge on any atom is -0.354 e. The molecule has 1 atom stereocenters. The Bertz CT molecular complexity index is 370. The molecule has 0 spiro atoms. The van der Waals surface area contributed by atoms with Gasteiger partial charge in [0.2, 0.25) is 0 Å². The first kappa shape index (κ1) is 15.7. The van der Waals surface area contributed by atoms with Crippen molar-refractivity contribution in [2.45, 2.75) is 25.7 Å². The molecular formula is C13H19Cl2NO2. The molecule has 18 heavy (non-hydrogen) atoms. The maximum atomic E-state index is 6.19. The minimum atomic E-state index is -0.319. The van der Waals surface area contributed by atoms with Gasteiger partial charge in [-0.2, -0.15) is 0 Å². The maximum Gasteiger partial charge on any atom is 0.172 e. The first-order valence-corrected chi connectivity index (χ1v) is 6.61. The Labute approximate surface area is 118 Å². The zero-order valence-electron chi connectivity index (χ0n) is 10.9. The molecule has 0 aromatic heterocycles. The van der Waals surface area contributed by atoms with Gasteiger partial charge in [0.15, 0.2) is 6.29 Å². The topological polar surface area (TPSA) is 30.5 Å². The fraction of sp³-hybridized carbons (Fsp3) is 0.538. The van der Waals surface area contributed by atoms with E-state index in [2.05, 4.69) is 5.32 Å². The quantitative estimate of drug-likeness (QED) is 0.783. The molecule has 102 valence electrons. The van der Waals surface area contributed by atoms with Crippen molar-refractivity contribution >= 4 is 23.2 Å². The van der Waals surface area contributed by atoms with Gasteiger partial charge in [-0.3, -0.25) is 0 Å². The number of nitrogens with one attached hydrogen (secondary N) is 1. The number of likely N-dealkylation sites (N-methyl/N-ethyl adjacent to an activating group) is 1. The van der Waals surface area contributed by atoms with Gasteiger partial charge in [0.25, 0.3) is 0 Å². The molecule has 0 saturated carbocycles. The van der Waals surface area contributed by atoms with Crippen LogP contribution in [-0.4, -0.2) is 33.1 Å². The molecule has 3 nitrogen and oxygen atoms in total. The lowest BCUT2D eigenvalue weighted by atomic mass is 10.1. The van der Waals surface area contributed by atoms with Crippen molar-refractivity contribution < 1.29 is 9.47 Å². The summed E-state index contributed by atoms with van der Waals surface area (Å²) in [5, 5.41) is 4.48. The highest BCUT2D eigenvalue weighted by Crippen LogP contribution is 2.27. The summed E-state index contributed by atoms with van der Waals surface area (Å²) in [6.07, 6.45) is 0.375. The van der Waals surface area contributed by atoms with Crippen molar-refractivity contribution in [3.8, 4) is 0 Å². The Morgan fingerprint density at radius 2 is 1.89 bits per heavy atom. The molecule has 0 aliphatic rings. The second kappa shape index (κ2) is 7.97. The number of benzene rings is 1. The summed E-state index contributed by atoms with van der Waals surface area (Å²) in [4.78, 5) is 0. The van der Waals surface area contributed by atoms with E-state index in [0.717, 1.165) is 12.1 Å². The number of methoxy groups -OCH3 is 2. The molecule has 0 heterocycles. The molecular weight excluding hydrogens is 273 g/mol. The van der Waals surface area contributed by atoms with Crippen LogP contribution in [0.25, 0.3) is 0 Å². The highest BCUT2D eigenvalue weighted by atomic mass is 35.5. The SMILES string of the molecule is CCNC(Cc1cccc(Cl)c1Cl)C(OC)OC. The summed E-state index contributed by atoms with van der Waals surface area (Å²) < 4.78 is 10.6. The van der Waals surface area contributed by atoms with Crippen LogP contribution in [-0.2, 0) is 15.9 Å². The van der Waals surface area contributed by atoms with Crippen molar-refractivity contribution in [2.75, 3.05) is 20.8 Å². The molecule has 0 fully saturated rings. The lowest BCUT2D eigenvalue weighted by molar-refractivity contribution is -0.122. The Morgan fingerprint density at radius 3 is 2.44 bits per heavy atom. The summed E-state index contributed by atoms with van der Waals surface area (Å²) in [6, 6.07) is 5.66. The molecule has 0 saturated heterocycles. The zero-order chi connectivity index (χ0) is 13.5. The van der Waals surface area contributed by atoms with Gasteiger partial charge in [-0.15, -0.1) is 0 Å². The summed E-state index contributed by atoms with van der Waals surface area (Å²) in [6.45, 7) is 2.86. The molecule has 0 radical (unpaired) electrons. The molecule has 0 bridgehead atoms. The fourth-order valence-electron chi connectivity index (χ4n) is 1.89. The molecule has 0 aliphatic carbocycles. The Hall–Kier alpha value is -0.320. The summed E-state index contributed by atoms with van der Waals surface area (Å²) in [5.74, 6) is 0. The van der Waals surface area contributed by atoms with Crippen LogP contribution in [0.15, 0.2) is 18.2 Å². The van der Waals surface area contributed by atoms with E-state index in [1.165, 1.54) is 0 Å². The van der Waals surface area contributed by atoms with Crippen LogP contribution < -0.4 is 5.32 Å². The summed E-state index contributed by atoms with van der Waals surface area (Å²) >= 11 is 12.2. The third kappa shape index (κ3) is 4.11. The molecule has 1 N–H and O–H groups in total. The second-order valence-corrected chi connectivity index (χ2v) is 4.71. The number of rotatable bonds is 7. The minimum absolute atomic E-state index is 0.0287. The van der Waals surface area contributed by atoms with Crippen molar-refractivity contribution in [1.29, 1.82) is 0 Å². The number of hydrogen-bond acceptors (Lipinski definition) is 3. The molecule has 0 aliphatic heterocycles. The van der Waals surface area contributed by atoms with E-state index in [-0.39, 0.29) is 12.3 Å². The normalized spacial score (nSPS) is 13.0. The molecule has 1 rings (SSSR count). The first-order valence-electron chi connectivity index (χ1n) is 5.85. The van der Waals surface area contributed by atoms with Crippen LogP contribution in [0.5, 0.6) is 0 Å². The number of halogens is 2. The van der Waals surface area contributed by atoms with Gasteiger partial charge in [-0.25, -0.2) is 0 Å². The zero-order valence-corrected chi connectivity index (χ0v) is 12.4. The molecule has 1 aromatic carbocycles. The summed E-state index contributed by atoms with van der Waals surface area (Å²) in [7, 11) is 3.25. The second-order valence-electron chi connectivity index (χ2n) is 3.92. The van der Waals surface area contributed by atoms with Gasteiger partial charge in [0.1, 0.15) is 0 Å². The predicted octanol–water partition coefficient (Wildman–Crippen LogP) is 3.13. The van der Waals surface area contributed by atoms with Crippen LogP contribution in [0.3, 0.4) is 0 Å². The van der Waals surface area contributed by atoms with Gasteiger partial charge in [0.05, 0.1) is 16.1 Å². The van der Waals surface area contributed by atoms with Crippen LogP contribution in [0, 0.1) is 0 Å². The predicted molar refractivity (Wildman–Crippen MR) is 75.4 cm³/mol. The molecule has 5 heteroatoms. The van der Waals surface area contributed by atoms with Crippen molar-refractivity contribution in [1.82, 2.24) is 5.32 Å². The number of ether oxygens (including phenoxy) is 2. The Balaban J connectivity index is 2.85. The standard InChI is InChI=1S/C13H19Cl2NO2/c1-4-16-11(13(17-2)18-3)8-9-6-5-7-10(14)12(9)15/h5-7,11,13,16H,4,8H2,1-3H3. The monoisotopic (exact) mass is 291 g/mol. The third-order valence-electron chi connectivity index (χ3n) is 2.73. The first-order chi connectivity index (χ1) is 8.63. The highest BCUT2D eigenvalue weighted by molar-refractivity contribution is 6.42. The van der Waals surface area contributed by atoms with E-state index >= 15 is 0 Å². The number of hydrogen-bond donors (Lipinski definition) is 1. The van der Waals surface area contributed by atoms with E-state index in [9.17, 15) is 0 Å². The van der Waals surface area contributed by atoms with E-state index in [1.807, 2.05) is 19.1 Å². The van der Waals surface area contributed by atoms with Gasteiger partial charge < -0.3 is 14.8 Å². The van der Waals surface area contributed by atoms with Crippen molar-refractivity contribution in [2.24, 2.45) is 0 Å². The summed E-state index contributed by atoms with van der Waals surface area (Å²) in [5.41, 5.74) is 0.981. The van der Waals surface area contributed by atoms with Gasteiger partial charge in [-0.1, -0.05) is 42.3 Å². The van der Waals surface area contributed by atoms with E-state index in [1.54, 1.807) is 20.3 Å². The third-order valence-corrected chi connectivity index (χ3v) is 3.59. The smallest absolute Gasteiger partial charge is 0.172 e. The van der Waals surface area contributed by atoms with Crippen LogP contribution in [0.1, 0.15) is 12.5 Å². The van der Waals surface area contributed by atoms with Gasteiger partial charge in [0, 0.05) is 14.2 Å². The lowest BCUT2D eigenvalue weighted by Crippen LogP contribution is -2.43. The average Bonchev–Trinajstić information content (AvgIpc) is 2.36.